The van der Waals surface area contributed by atoms with Gasteiger partial charge in [0.15, 0.2) is 0 Å². The Labute approximate surface area is 91.7 Å². The van der Waals surface area contributed by atoms with Crippen LogP contribution in [0.4, 0.5) is 0 Å². The standard InChI is InChI=1S/C12H20N2O/c1-9-6-12(15,11(2,3)7-13)8-14(9)10-4-5-10/h9-10,15H,4-6,8H2,1-3H3. The molecule has 3 nitrogen and oxygen atoms in total. The highest BCUT2D eigenvalue weighted by molar-refractivity contribution is 5.13. The fraction of sp³-hybridized carbons (Fsp3) is 0.917. The molecule has 2 aliphatic rings. The Morgan fingerprint density at radius 2 is 2.07 bits per heavy atom. The first kappa shape index (κ1) is 10.9. The van der Waals surface area contributed by atoms with Gasteiger partial charge in [-0.2, -0.15) is 5.26 Å². The van der Waals surface area contributed by atoms with Crippen molar-refractivity contribution in [2.24, 2.45) is 5.41 Å². The van der Waals surface area contributed by atoms with Gasteiger partial charge >= 0.3 is 0 Å². The molecular weight excluding hydrogens is 188 g/mol. The number of β-amino-alcohol motifs (C(OH)–C–C–N with tert-alkyl or cyclic N) is 1. The van der Waals surface area contributed by atoms with E-state index < -0.39 is 11.0 Å². The average Bonchev–Trinajstić information content (AvgIpc) is 2.93. The lowest BCUT2D eigenvalue weighted by Crippen LogP contribution is -2.46. The maximum absolute atomic E-state index is 10.6. The molecule has 3 heteroatoms. The Balaban J connectivity index is 2.16. The van der Waals surface area contributed by atoms with E-state index in [0.717, 1.165) is 6.42 Å². The number of nitrogens with zero attached hydrogens (tertiary/aromatic N) is 2. The summed E-state index contributed by atoms with van der Waals surface area (Å²) in [4.78, 5) is 2.37. The predicted octanol–water partition coefficient (Wildman–Crippen LogP) is 1.52. The van der Waals surface area contributed by atoms with Gasteiger partial charge in [-0.15, -0.1) is 0 Å². The van der Waals surface area contributed by atoms with Crippen molar-refractivity contribution in [2.75, 3.05) is 6.54 Å². The van der Waals surface area contributed by atoms with Crippen molar-refractivity contribution in [3.8, 4) is 6.07 Å². The van der Waals surface area contributed by atoms with Gasteiger partial charge in [-0.25, -0.2) is 0 Å². The summed E-state index contributed by atoms with van der Waals surface area (Å²) in [6.07, 6.45) is 3.24. The summed E-state index contributed by atoms with van der Waals surface area (Å²) in [6, 6.07) is 3.33. The van der Waals surface area contributed by atoms with Crippen LogP contribution < -0.4 is 0 Å². The van der Waals surface area contributed by atoms with E-state index in [0.29, 0.717) is 18.6 Å². The lowest BCUT2D eigenvalue weighted by molar-refractivity contribution is -0.0292. The number of hydrogen-bond acceptors (Lipinski definition) is 3. The monoisotopic (exact) mass is 208 g/mol. The molecule has 2 unspecified atom stereocenters. The van der Waals surface area contributed by atoms with Crippen LogP contribution in [0.2, 0.25) is 0 Å². The lowest BCUT2D eigenvalue weighted by atomic mass is 9.75. The summed E-state index contributed by atoms with van der Waals surface area (Å²) in [5.41, 5.74) is -1.48. The highest BCUT2D eigenvalue weighted by atomic mass is 16.3. The number of likely N-dealkylation sites (tertiary alicyclic amines) is 1. The molecule has 2 atom stereocenters. The molecule has 15 heavy (non-hydrogen) atoms. The van der Waals surface area contributed by atoms with Crippen molar-refractivity contribution in [1.29, 1.82) is 5.26 Å². The van der Waals surface area contributed by atoms with Crippen LogP contribution in [-0.2, 0) is 0 Å². The summed E-state index contributed by atoms with van der Waals surface area (Å²) in [5.74, 6) is 0. The molecule has 2 rings (SSSR count). The van der Waals surface area contributed by atoms with Gasteiger partial charge in [-0.1, -0.05) is 0 Å². The van der Waals surface area contributed by atoms with Crippen LogP contribution in [-0.4, -0.2) is 34.2 Å². The van der Waals surface area contributed by atoms with Crippen LogP contribution in [0.1, 0.15) is 40.0 Å². The van der Waals surface area contributed by atoms with Crippen molar-refractivity contribution < 1.29 is 5.11 Å². The summed E-state index contributed by atoms with van der Waals surface area (Å²) in [6.45, 7) is 6.51. The van der Waals surface area contributed by atoms with Crippen molar-refractivity contribution in [3.63, 3.8) is 0 Å². The minimum absolute atomic E-state index is 0.412. The van der Waals surface area contributed by atoms with Crippen molar-refractivity contribution in [1.82, 2.24) is 4.90 Å². The molecule has 0 aromatic carbocycles. The minimum Gasteiger partial charge on any atom is -0.387 e. The summed E-state index contributed by atoms with van der Waals surface area (Å²) in [5, 5.41) is 19.7. The molecule has 0 aromatic heterocycles. The maximum Gasteiger partial charge on any atom is 0.0968 e. The summed E-state index contributed by atoms with van der Waals surface area (Å²) in [7, 11) is 0. The Kier molecular flexibility index (Phi) is 2.33. The number of hydrogen-bond donors (Lipinski definition) is 1. The predicted molar refractivity (Wildman–Crippen MR) is 58.2 cm³/mol. The smallest absolute Gasteiger partial charge is 0.0968 e. The van der Waals surface area contributed by atoms with Gasteiger partial charge in [0.05, 0.1) is 17.1 Å². The van der Waals surface area contributed by atoms with Crippen LogP contribution in [0.25, 0.3) is 0 Å². The number of nitriles is 1. The Hall–Kier alpha value is -0.590. The molecule has 1 aliphatic heterocycles. The zero-order valence-electron chi connectivity index (χ0n) is 9.82. The third-order valence-corrected chi connectivity index (χ3v) is 4.10. The van der Waals surface area contributed by atoms with E-state index in [1.165, 1.54) is 12.8 Å². The molecule has 2 fully saturated rings. The normalized spacial score (nSPS) is 37.9. The fourth-order valence-corrected chi connectivity index (χ4v) is 2.58. The minimum atomic E-state index is -0.830. The highest BCUT2D eigenvalue weighted by Crippen LogP contribution is 2.44. The molecular formula is C12H20N2O. The molecule has 0 aromatic rings. The van der Waals surface area contributed by atoms with Crippen LogP contribution >= 0.6 is 0 Å². The molecule has 0 spiro atoms. The van der Waals surface area contributed by atoms with Gasteiger partial charge < -0.3 is 5.11 Å². The molecule has 1 aliphatic carbocycles. The maximum atomic E-state index is 10.6. The zero-order chi connectivity index (χ0) is 11.3. The second-order valence-electron chi connectivity index (χ2n) is 5.73. The van der Waals surface area contributed by atoms with Crippen LogP contribution in [0.3, 0.4) is 0 Å². The summed E-state index contributed by atoms with van der Waals surface area (Å²) >= 11 is 0. The van der Waals surface area contributed by atoms with Crippen molar-refractivity contribution in [3.05, 3.63) is 0 Å². The highest BCUT2D eigenvalue weighted by Gasteiger charge is 2.53. The van der Waals surface area contributed by atoms with Gasteiger partial charge in [0, 0.05) is 18.6 Å². The van der Waals surface area contributed by atoms with Crippen LogP contribution in [0, 0.1) is 16.7 Å². The van der Waals surface area contributed by atoms with Gasteiger partial charge in [0.1, 0.15) is 0 Å². The van der Waals surface area contributed by atoms with Gasteiger partial charge in [-0.05, 0) is 40.0 Å². The van der Waals surface area contributed by atoms with Gasteiger partial charge in [0.25, 0.3) is 0 Å². The third kappa shape index (κ3) is 1.66. The van der Waals surface area contributed by atoms with Crippen molar-refractivity contribution >= 4 is 0 Å². The van der Waals surface area contributed by atoms with Crippen molar-refractivity contribution in [2.45, 2.75) is 57.7 Å². The molecule has 0 radical (unpaired) electrons. The average molecular weight is 208 g/mol. The molecule has 1 heterocycles. The van der Waals surface area contributed by atoms with Gasteiger partial charge in [0.2, 0.25) is 0 Å². The number of aliphatic hydroxyl groups is 1. The SMILES string of the molecule is CC1CC(O)(C(C)(C)C#N)CN1C1CC1. The third-order valence-electron chi connectivity index (χ3n) is 4.10. The van der Waals surface area contributed by atoms with E-state index in [4.69, 9.17) is 5.26 Å². The Morgan fingerprint density at radius 3 is 2.53 bits per heavy atom. The lowest BCUT2D eigenvalue weighted by Gasteiger charge is -2.34. The molecule has 0 bridgehead atoms. The largest absolute Gasteiger partial charge is 0.387 e. The Morgan fingerprint density at radius 1 is 1.47 bits per heavy atom. The zero-order valence-corrected chi connectivity index (χ0v) is 9.82. The van der Waals surface area contributed by atoms with E-state index in [1.54, 1.807) is 0 Å². The first-order chi connectivity index (χ1) is 6.89. The molecule has 1 saturated heterocycles. The number of rotatable bonds is 2. The van der Waals surface area contributed by atoms with Crippen LogP contribution in [0.5, 0.6) is 0 Å². The van der Waals surface area contributed by atoms with E-state index >= 15 is 0 Å². The summed E-state index contributed by atoms with van der Waals surface area (Å²) < 4.78 is 0. The van der Waals surface area contributed by atoms with E-state index in [2.05, 4.69) is 17.9 Å². The van der Waals surface area contributed by atoms with Gasteiger partial charge in [-0.3, -0.25) is 4.90 Å². The second-order valence-corrected chi connectivity index (χ2v) is 5.73. The second kappa shape index (κ2) is 3.20. The van der Waals surface area contributed by atoms with Crippen LogP contribution in [0.15, 0.2) is 0 Å². The van der Waals surface area contributed by atoms with E-state index in [-0.39, 0.29) is 0 Å². The van der Waals surface area contributed by atoms with E-state index in [1.807, 2.05) is 13.8 Å². The fourth-order valence-electron chi connectivity index (χ4n) is 2.58. The molecule has 1 N–H and O–H groups in total. The molecule has 1 saturated carbocycles. The molecule has 0 amide bonds. The first-order valence-electron chi connectivity index (χ1n) is 5.79. The quantitative estimate of drug-likeness (QED) is 0.748. The van der Waals surface area contributed by atoms with E-state index in [9.17, 15) is 5.11 Å². The molecule has 84 valence electrons. The Bertz CT molecular complexity index is 303. The topological polar surface area (TPSA) is 47.3 Å². The first-order valence-corrected chi connectivity index (χ1v) is 5.79.